The van der Waals surface area contributed by atoms with Gasteiger partial charge in [0.15, 0.2) is 5.43 Å². The number of carbonyl (C=O) groups is 1. The standard InChI is InChI=1S/C26H20FNO3/c1-14-8-10-17(11-9-14)28-23(18-6-4-5-7-20(18)27)22-24(29)19-12-15(2)16(3)13-21(19)31-25(22)26(28)30/h4-13,23H,1-3H3. The van der Waals surface area contributed by atoms with Crippen molar-refractivity contribution in [3.8, 4) is 0 Å². The maximum absolute atomic E-state index is 14.9. The first-order valence-electron chi connectivity index (χ1n) is 10.1. The summed E-state index contributed by atoms with van der Waals surface area (Å²) >= 11 is 0. The zero-order chi connectivity index (χ0) is 21.9. The number of carbonyl (C=O) groups excluding carboxylic acids is 1. The third-order valence-electron chi connectivity index (χ3n) is 6.00. The van der Waals surface area contributed by atoms with Gasteiger partial charge in [-0.25, -0.2) is 4.39 Å². The van der Waals surface area contributed by atoms with Crippen molar-refractivity contribution in [1.29, 1.82) is 0 Å². The fourth-order valence-electron chi connectivity index (χ4n) is 4.19. The van der Waals surface area contributed by atoms with Crippen molar-refractivity contribution in [2.45, 2.75) is 26.8 Å². The summed E-state index contributed by atoms with van der Waals surface area (Å²) in [6.45, 7) is 5.78. The molecule has 0 bridgehead atoms. The van der Waals surface area contributed by atoms with Crippen molar-refractivity contribution in [3.05, 3.63) is 110 Å². The third-order valence-corrected chi connectivity index (χ3v) is 6.00. The van der Waals surface area contributed by atoms with Crippen LogP contribution in [0.15, 0.2) is 69.9 Å². The average molecular weight is 413 g/mol. The lowest BCUT2D eigenvalue weighted by molar-refractivity contribution is 0.0971. The van der Waals surface area contributed by atoms with Gasteiger partial charge in [0.05, 0.1) is 17.0 Å². The second kappa shape index (κ2) is 6.91. The van der Waals surface area contributed by atoms with Crippen molar-refractivity contribution in [2.75, 3.05) is 4.90 Å². The first kappa shape index (κ1) is 19.2. The number of hydrogen-bond acceptors (Lipinski definition) is 3. The van der Waals surface area contributed by atoms with Crippen molar-refractivity contribution in [1.82, 2.24) is 0 Å². The normalized spacial score (nSPS) is 15.5. The highest BCUT2D eigenvalue weighted by Gasteiger charge is 2.44. The summed E-state index contributed by atoms with van der Waals surface area (Å²) in [5.41, 5.74) is 3.99. The summed E-state index contributed by atoms with van der Waals surface area (Å²) in [4.78, 5) is 28.5. The summed E-state index contributed by atoms with van der Waals surface area (Å²) < 4.78 is 20.9. The Labute approximate surface area is 178 Å². The Balaban J connectivity index is 1.85. The molecule has 1 unspecified atom stereocenters. The van der Waals surface area contributed by atoms with E-state index in [2.05, 4.69) is 0 Å². The average Bonchev–Trinajstić information content (AvgIpc) is 3.03. The molecule has 0 fully saturated rings. The van der Waals surface area contributed by atoms with Crippen LogP contribution in [0.3, 0.4) is 0 Å². The van der Waals surface area contributed by atoms with Gasteiger partial charge in [-0.3, -0.25) is 14.5 Å². The fraction of sp³-hybridized carbons (Fsp3) is 0.154. The van der Waals surface area contributed by atoms with Crippen LogP contribution in [0, 0.1) is 26.6 Å². The summed E-state index contributed by atoms with van der Waals surface area (Å²) in [5, 5.41) is 0.391. The number of fused-ring (bicyclic) bond motifs is 2. The van der Waals surface area contributed by atoms with Crippen molar-refractivity contribution in [3.63, 3.8) is 0 Å². The molecule has 154 valence electrons. The van der Waals surface area contributed by atoms with E-state index in [0.717, 1.165) is 16.7 Å². The van der Waals surface area contributed by atoms with Gasteiger partial charge in [-0.2, -0.15) is 0 Å². The van der Waals surface area contributed by atoms with E-state index in [4.69, 9.17) is 4.42 Å². The molecule has 1 aliphatic heterocycles. The first-order chi connectivity index (χ1) is 14.9. The van der Waals surface area contributed by atoms with Crippen molar-refractivity contribution in [2.24, 2.45) is 0 Å². The molecule has 5 heteroatoms. The first-order valence-corrected chi connectivity index (χ1v) is 10.1. The fourth-order valence-corrected chi connectivity index (χ4v) is 4.19. The van der Waals surface area contributed by atoms with Gasteiger partial charge in [0, 0.05) is 11.3 Å². The monoisotopic (exact) mass is 413 g/mol. The SMILES string of the molecule is Cc1ccc(N2C(=O)c3oc4cc(C)c(C)cc4c(=O)c3C2c2ccccc2F)cc1. The van der Waals surface area contributed by atoms with E-state index < -0.39 is 17.8 Å². The number of rotatable bonds is 2. The Morgan fingerprint density at radius 3 is 2.29 bits per heavy atom. The van der Waals surface area contributed by atoms with E-state index in [-0.39, 0.29) is 22.3 Å². The molecule has 4 aromatic rings. The predicted octanol–water partition coefficient (Wildman–Crippen LogP) is 5.61. The molecule has 2 heterocycles. The Bertz CT molecular complexity index is 1420. The number of anilines is 1. The highest BCUT2D eigenvalue weighted by atomic mass is 19.1. The van der Waals surface area contributed by atoms with Gasteiger partial charge in [-0.05, 0) is 62.2 Å². The molecule has 4 nitrogen and oxygen atoms in total. The Morgan fingerprint density at radius 2 is 1.58 bits per heavy atom. The largest absolute Gasteiger partial charge is 0.450 e. The van der Waals surface area contributed by atoms with Gasteiger partial charge < -0.3 is 4.42 Å². The molecule has 0 N–H and O–H groups in total. The molecule has 1 atom stereocenters. The maximum Gasteiger partial charge on any atom is 0.295 e. The Hall–Kier alpha value is -3.73. The van der Waals surface area contributed by atoms with Gasteiger partial charge in [0.2, 0.25) is 5.76 Å². The quantitative estimate of drug-likeness (QED) is 0.429. The van der Waals surface area contributed by atoms with Gasteiger partial charge in [0.1, 0.15) is 11.4 Å². The molecule has 0 radical (unpaired) electrons. The van der Waals surface area contributed by atoms with Gasteiger partial charge in [-0.15, -0.1) is 0 Å². The molecule has 1 amide bonds. The summed E-state index contributed by atoms with van der Waals surface area (Å²) in [6.07, 6.45) is 0. The van der Waals surface area contributed by atoms with Crippen LogP contribution in [0.2, 0.25) is 0 Å². The second-order valence-electron chi connectivity index (χ2n) is 8.04. The predicted molar refractivity (Wildman–Crippen MR) is 118 cm³/mol. The zero-order valence-electron chi connectivity index (χ0n) is 17.4. The minimum Gasteiger partial charge on any atom is -0.450 e. The van der Waals surface area contributed by atoms with Gasteiger partial charge >= 0.3 is 0 Å². The van der Waals surface area contributed by atoms with Crippen LogP contribution in [-0.4, -0.2) is 5.91 Å². The lowest BCUT2D eigenvalue weighted by atomic mass is 9.97. The lowest BCUT2D eigenvalue weighted by Crippen LogP contribution is -2.30. The third kappa shape index (κ3) is 2.88. The summed E-state index contributed by atoms with van der Waals surface area (Å²) in [7, 11) is 0. The van der Waals surface area contributed by atoms with E-state index in [0.29, 0.717) is 16.7 Å². The molecule has 1 aliphatic rings. The number of halogens is 1. The molecular weight excluding hydrogens is 393 g/mol. The lowest BCUT2D eigenvalue weighted by Gasteiger charge is -2.25. The Morgan fingerprint density at radius 1 is 0.903 bits per heavy atom. The molecule has 0 saturated heterocycles. The van der Waals surface area contributed by atoms with Crippen LogP contribution in [0.4, 0.5) is 10.1 Å². The van der Waals surface area contributed by atoms with E-state index in [1.165, 1.54) is 11.0 Å². The zero-order valence-corrected chi connectivity index (χ0v) is 17.4. The Kier molecular flexibility index (Phi) is 4.29. The van der Waals surface area contributed by atoms with Crippen LogP contribution >= 0.6 is 0 Å². The van der Waals surface area contributed by atoms with Gasteiger partial charge in [0.25, 0.3) is 5.91 Å². The molecule has 1 aromatic heterocycles. The molecule has 31 heavy (non-hydrogen) atoms. The smallest absolute Gasteiger partial charge is 0.295 e. The van der Waals surface area contributed by atoms with E-state index >= 15 is 0 Å². The van der Waals surface area contributed by atoms with E-state index in [1.54, 1.807) is 42.5 Å². The number of amides is 1. The minimum absolute atomic E-state index is 0.0328. The molecule has 0 spiro atoms. The number of nitrogens with zero attached hydrogens (tertiary/aromatic N) is 1. The maximum atomic E-state index is 14.9. The van der Waals surface area contributed by atoms with Crippen LogP contribution in [0.5, 0.6) is 0 Å². The number of aryl methyl sites for hydroxylation is 3. The van der Waals surface area contributed by atoms with Crippen LogP contribution in [0.1, 0.15) is 44.4 Å². The summed E-state index contributed by atoms with van der Waals surface area (Å²) in [5.74, 6) is -0.969. The molecule has 0 aliphatic carbocycles. The number of benzene rings is 3. The highest BCUT2D eigenvalue weighted by Crippen LogP contribution is 2.42. The topological polar surface area (TPSA) is 50.5 Å². The molecule has 3 aromatic carbocycles. The summed E-state index contributed by atoms with van der Waals surface area (Å²) in [6, 6.07) is 16.2. The van der Waals surface area contributed by atoms with E-state index in [1.807, 2.05) is 32.9 Å². The molecule has 5 rings (SSSR count). The minimum atomic E-state index is -0.909. The molecular formula is C26H20FNO3. The number of hydrogen-bond donors (Lipinski definition) is 0. The van der Waals surface area contributed by atoms with E-state index in [9.17, 15) is 14.0 Å². The van der Waals surface area contributed by atoms with Crippen molar-refractivity contribution >= 4 is 22.6 Å². The van der Waals surface area contributed by atoms with Gasteiger partial charge in [-0.1, -0.05) is 35.9 Å². The van der Waals surface area contributed by atoms with Crippen LogP contribution in [0.25, 0.3) is 11.0 Å². The second-order valence-corrected chi connectivity index (χ2v) is 8.04. The highest BCUT2D eigenvalue weighted by molar-refractivity contribution is 6.10. The van der Waals surface area contributed by atoms with Crippen molar-refractivity contribution < 1.29 is 13.6 Å². The van der Waals surface area contributed by atoms with Crippen LogP contribution < -0.4 is 10.3 Å². The van der Waals surface area contributed by atoms with Crippen LogP contribution in [-0.2, 0) is 0 Å². The molecule has 0 saturated carbocycles.